The molecule has 3 nitrogen and oxygen atoms in total. The maximum atomic E-state index is 11.0. The van der Waals surface area contributed by atoms with Gasteiger partial charge in [-0.25, -0.2) is 0 Å². The fourth-order valence-electron chi connectivity index (χ4n) is 1.85. The molecule has 0 rings (SSSR count). The van der Waals surface area contributed by atoms with Crippen molar-refractivity contribution in [2.75, 3.05) is 0 Å². The summed E-state index contributed by atoms with van der Waals surface area (Å²) in [6, 6.07) is 0. The van der Waals surface area contributed by atoms with Gasteiger partial charge in [0.15, 0.2) is 0 Å². The fourth-order valence-corrected chi connectivity index (χ4v) is 1.85. The zero-order chi connectivity index (χ0) is 13.6. The lowest BCUT2D eigenvalue weighted by Gasteiger charge is -2.26. The van der Waals surface area contributed by atoms with Gasteiger partial charge in [-0.15, -0.1) is 0 Å². The van der Waals surface area contributed by atoms with E-state index < -0.39 is 0 Å². The third-order valence-electron chi connectivity index (χ3n) is 3.12. The van der Waals surface area contributed by atoms with Crippen molar-refractivity contribution in [2.24, 2.45) is 11.8 Å². The summed E-state index contributed by atoms with van der Waals surface area (Å²) in [6.07, 6.45) is 2.02. The topological polar surface area (TPSA) is 46.5 Å². The highest BCUT2D eigenvalue weighted by atomic mass is 16.5. The molecule has 100 valence electrons. The Morgan fingerprint density at radius 1 is 1.29 bits per heavy atom. The molecule has 0 spiro atoms. The minimum atomic E-state index is -0.363. The van der Waals surface area contributed by atoms with Gasteiger partial charge in [0.25, 0.3) is 0 Å². The van der Waals surface area contributed by atoms with Crippen LogP contribution in [0.3, 0.4) is 0 Å². The highest BCUT2D eigenvalue weighted by Gasteiger charge is 2.24. The molecule has 0 aliphatic rings. The van der Waals surface area contributed by atoms with E-state index in [0.29, 0.717) is 6.42 Å². The van der Waals surface area contributed by atoms with Crippen LogP contribution in [0.15, 0.2) is 11.6 Å². The number of rotatable bonds is 6. The molecule has 1 N–H and O–H groups in total. The summed E-state index contributed by atoms with van der Waals surface area (Å²) in [5, 5.41) is 9.97. The van der Waals surface area contributed by atoms with Crippen molar-refractivity contribution in [3.63, 3.8) is 0 Å². The average molecular weight is 242 g/mol. The van der Waals surface area contributed by atoms with Crippen LogP contribution in [0.1, 0.15) is 48.0 Å². The molecule has 0 aromatic rings. The molecule has 0 amide bonds. The first kappa shape index (κ1) is 16.2. The second kappa shape index (κ2) is 7.49. The zero-order valence-electron chi connectivity index (χ0n) is 11.9. The van der Waals surface area contributed by atoms with E-state index in [4.69, 9.17) is 4.74 Å². The van der Waals surface area contributed by atoms with E-state index in [1.165, 1.54) is 6.92 Å². The quantitative estimate of drug-likeness (QED) is 0.575. The first-order valence-electron chi connectivity index (χ1n) is 6.27. The molecule has 0 aliphatic heterocycles. The van der Waals surface area contributed by atoms with Crippen molar-refractivity contribution in [2.45, 2.75) is 60.2 Å². The molecule has 0 fully saturated rings. The van der Waals surface area contributed by atoms with E-state index in [0.717, 1.165) is 5.57 Å². The number of aliphatic hydroxyl groups excluding tert-OH is 1. The molecule has 0 aromatic heterocycles. The number of allylic oxidation sites excluding steroid dienone is 1. The van der Waals surface area contributed by atoms with Crippen LogP contribution < -0.4 is 0 Å². The van der Waals surface area contributed by atoms with Crippen LogP contribution in [-0.4, -0.2) is 23.3 Å². The van der Waals surface area contributed by atoms with Gasteiger partial charge in [0.2, 0.25) is 0 Å². The summed E-state index contributed by atoms with van der Waals surface area (Å²) in [4.78, 5) is 11.0. The number of carbonyl (C=O) groups excluding carboxylic acids is 1. The van der Waals surface area contributed by atoms with Crippen LogP contribution in [0.4, 0.5) is 0 Å². The smallest absolute Gasteiger partial charge is 0.303 e. The maximum Gasteiger partial charge on any atom is 0.303 e. The van der Waals surface area contributed by atoms with Gasteiger partial charge in [0.05, 0.1) is 6.10 Å². The van der Waals surface area contributed by atoms with Crippen LogP contribution in [0.5, 0.6) is 0 Å². The van der Waals surface area contributed by atoms with Crippen molar-refractivity contribution in [3.05, 3.63) is 11.6 Å². The van der Waals surface area contributed by atoms with Crippen LogP contribution >= 0.6 is 0 Å². The highest BCUT2D eigenvalue weighted by molar-refractivity contribution is 5.66. The molecule has 0 bridgehead atoms. The Hall–Kier alpha value is -0.830. The molecule has 0 saturated heterocycles. The van der Waals surface area contributed by atoms with E-state index in [9.17, 15) is 9.90 Å². The van der Waals surface area contributed by atoms with Crippen LogP contribution in [-0.2, 0) is 9.53 Å². The van der Waals surface area contributed by atoms with Crippen LogP contribution in [0.25, 0.3) is 0 Å². The van der Waals surface area contributed by atoms with Crippen LogP contribution in [0, 0.1) is 11.8 Å². The standard InChI is InChI=1S/C14H26O3/c1-7-10(4)13(17-12(6)15)8-11(5)14(16)9(2)3/h7,9,11,13-14,16H,8H2,1-6H3/t11-,13?,14+/m1/s1. The van der Waals surface area contributed by atoms with Gasteiger partial charge in [-0.3, -0.25) is 4.79 Å². The molecule has 3 atom stereocenters. The molecule has 1 unspecified atom stereocenters. The minimum Gasteiger partial charge on any atom is -0.458 e. The second-order valence-corrected chi connectivity index (χ2v) is 5.08. The molecule has 17 heavy (non-hydrogen) atoms. The number of esters is 1. The van der Waals surface area contributed by atoms with Gasteiger partial charge in [-0.05, 0) is 37.7 Å². The summed E-state index contributed by atoms with van der Waals surface area (Å²) in [5.74, 6) is 0.0468. The Kier molecular flexibility index (Phi) is 7.12. The minimum absolute atomic E-state index is 0.106. The first-order valence-corrected chi connectivity index (χ1v) is 6.27. The highest BCUT2D eigenvalue weighted by Crippen LogP contribution is 2.22. The SMILES string of the molecule is CC=C(C)C(C[C@@H](C)[C@@H](O)C(C)C)OC(C)=O. The van der Waals surface area contributed by atoms with Gasteiger partial charge in [-0.1, -0.05) is 26.8 Å². The zero-order valence-corrected chi connectivity index (χ0v) is 11.9. The predicted molar refractivity (Wildman–Crippen MR) is 69.6 cm³/mol. The number of hydrogen-bond donors (Lipinski definition) is 1. The summed E-state index contributed by atoms with van der Waals surface area (Å²) < 4.78 is 5.29. The number of aliphatic hydroxyl groups is 1. The third-order valence-corrected chi connectivity index (χ3v) is 3.12. The van der Waals surface area contributed by atoms with Crippen molar-refractivity contribution >= 4 is 5.97 Å². The Bertz CT molecular complexity index is 269. The average Bonchev–Trinajstić information content (AvgIpc) is 2.24. The second-order valence-electron chi connectivity index (χ2n) is 5.08. The van der Waals surface area contributed by atoms with Crippen molar-refractivity contribution in [3.8, 4) is 0 Å². The van der Waals surface area contributed by atoms with E-state index in [1.807, 2.05) is 40.7 Å². The molecule has 0 aromatic carbocycles. The summed E-state index contributed by atoms with van der Waals surface area (Å²) in [6.45, 7) is 11.3. The van der Waals surface area contributed by atoms with Gasteiger partial charge < -0.3 is 9.84 Å². The monoisotopic (exact) mass is 242 g/mol. The molecular formula is C14H26O3. The van der Waals surface area contributed by atoms with Gasteiger partial charge in [0.1, 0.15) is 6.10 Å². The molecule has 3 heteroatoms. The number of hydrogen-bond acceptors (Lipinski definition) is 3. The Morgan fingerprint density at radius 2 is 1.82 bits per heavy atom. The third kappa shape index (κ3) is 5.87. The van der Waals surface area contributed by atoms with Gasteiger partial charge >= 0.3 is 5.97 Å². The summed E-state index contributed by atoms with van der Waals surface area (Å²) in [7, 11) is 0. The van der Waals surface area contributed by atoms with Crippen molar-refractivity contribution < 1.29 is 14.6 Å². The molecule has 0 aliphatic carbocycles. The number of ether oxygens (including phenoxy) is 1. The molecule has 0 heterocycles. The largest absolute Gasteiger partial charge is 0.458 e. The molecule has 0 saturated carbocycles. The lowest BCUT2D eigenvalue weighted by atomic mass is 9.88. The van der Waals surface area contributed by atoms with Gasteiger partial charge in [-0.2, -0.15) is 0 Å². The summed E-state index contributed by atoms with van der Waals surface area (Å²) in [5.41, 5.74) is 1.03. The van der Waals surface area contributed by atoms with E-state index in [-0.39, 0.29) is 30.0 Å². The van der Waals surface area contributed by atoms with Crippen LogP contribution in [0.2, 0.25) is 0 Å². The fraction of sp³-hybridized carbons (Fsp3) is 0.786. The number of carbonyl (C=O) groups is 1. The van der Waals surface area contributed by atoms with E-state index in [2.05, 4.69) is 0 Å². The lowest BCUT2D eigenvalue weighted by Crippen LogP contribution is -2.29. The normalized spacial score (nSPS) is 17.8. The van der Waals surface area contributed by atoms with Crippen molar-refractivity contribution in [1.82, 2.24) is 0 Å². The first-order chi connectivity index (χ1) is 7.79. The van der Waals surface area contributed by atoms with E-state index >= 15 is 0 Å². The predicted octanol–water partition coefficient (Wildman–Crippen LogP) is 2.93. The summed E-state index contributed by atoms with van der Waals surface area (Å²) >= 11 is 0. The Labute approximate surface area is 105 Å². The van der Waals surface area contributed by atoms with Crippen molar-refractivity contribution in [1.29, 1.82) is 0 Å². The van der Waals surface area contributed by atoms with E-state index in [1.54, 1.807) is 0 Å². The maximum absolute atomic E-state index is 11.0. The molecule has 0 radical (unpaired) electrons. The Morgan fingerprint density at radius 3 is 2.18 bits per heavy atom. The lowest BCUT2D eigenvalue weighted by molar-refractivity contribution is -0.145. The Balaban J connectivity index is 4.58. The molecular weight excluding hydrogens is 216 g/mol. The van der Waals surface area contributed by atoms with Gasteiger partial charge in [0, 0.05) is 6.92 Å².